The fraction of sp³-hybridized carbons (Fsp3) is 0.444. The van der Waals surface area contributed by atoms with Crippen molar-refractivity contribution in [2.45, 2.75) is 18.9 Å². The Morgan fingerprint density at radius 3 is 3.29 bits per heavy atom. The highest BCUT2D eigenvalue weighted by Crippen LogP contribution is 2.35. The number of hydrogen-bond donors (Lipinski definition) is 2. The molecule has 5 heteroatoms. The first-order chi connectivity index (χ1) is 6.66. The first kappa shape index (κ1) is 10.1. The number of carbonyl (C=O) groups is 1. The van der Waals surface area contributed by atoms with Crippen LogP contribution < -0.4 is 5.32 Å². The van der Waals surface area contributed by atoms with Crippen LogP contribution >= 0.6 is 27.3 Å². The van der Waals surface area contributed by atoms with Gasteiger partial charge < -0.3 is 10.4 Å². The summed E-state index contributed by atoms with van der Waals surface area (Å²) in [6.07, 6.45) is 0.211. The lowest BCUT2D eigenvalue weighted by Crippen LogP contribution is -2.28. The van der Waals surface area contributed by atoms with Gasteiger partial charge in [-0.2, -0.15) is 0 Å². The first-order valence-electron chi connectivity index (χ1n) is 4.37. The van der Waals surface area contributed by atoms with Crippen molar-refractivity contribution in [1.82, 2.24) is 5.32 Å². The predicted octanol–water partition coefficient (Wildman–Crippen LogP) is 2.17. The minimum atomic E-state index is -0.730. The number of rotatable bonds is 2. The zero-order valence-corrected chi connectivity index (χ0v) is 9.82. The number of fused-ring (bicyclic) bond motifs is 1. The van der Waals surface area contributed by atoms with Crippen molar-refractivity contribution in [1.29, 1.82) is 0 Å². The van der Waals surface area contributed by atoms with Gasteiger partial charge in [0, 0.05) is 23.9 Å². The topological polar surface area (TPSA) is 49.3 Å². The summed E-state index contributed by atoms with van der Waals surface area (Å²) < 4.78 is 1.08. The molecule has 0 fully saturated rings. The van der Waals surface area contributed by atoms with E-state index in [1.807, 2.05) is 0 Å². The highest BCUT2D eigenvalue weighted by atomic mass is 79.9. The number of thiophene rings is 1. The summed E-state index contributed by atoms with van der Waals surface area (Å²) in [5.74, 6) is -0.606. The zero-order valence-electron chi connectivity index (χ0n) is 7.42. The number of hydrogen-bond acceptors (Lipinski definition) is 3. The van der Waals surface area contributed by atoms with E-state index in [1.54, 1.807) is 11.3 Å². The molecule has 1 aliphatic heterocycles. The summed E-state index contributed by atoms with van der Waals surface area (Å²) >= 11 is 5.11. The molecule has 0 aliphatic carbocycles. The smallest absolute Gasteiger partial charge is 0.304 e. The Morgan fingerprint density at radius 2 is 2.57 bits per heavy atom. The van der Waals surface area contributed by atoms with Gasteiger partial charge in [-0.3, -0.25) is 4.79 Å². The number of carboxylic acids is 1. The van der Waals surface area contributed by atoms with Gasteiger partial charge in [-0.1, -0.05) is 0 Å². The lowest BCUT2D eigenvalue weighted by Gasteiger charge is -2.21. The lowest BCUT2D eigenvalue weighted by atomic mass is 9.94. The van der Waals surface area contributed by atoms with Crippen molar-refractivity contribution < 1.29 is 9.90 Å². The van der Waals surface area contributed by atoms with E-state index in [-0.39, 0.29) is 12.3 Å². The van der Waals surface area contributed by atoms with Gasteiger partial charge in [0.1, 0.15) is 0 Å². The monoisotopic (exact) mass is 275 g/mol. The van der Waals surface area contributed by atoms with Gasteiger partial charge in [-0.25, -0.2) is 0 Å². The molecule has 2 rings (SSSR count). The third-order valence-electron chi connectivity index (χ3n) is 2.35. The molecule has 0 amide bonds. The summed E-state index contributed by atoms with van der Waals surface area (Å²) in [5, 5.41) is 12.0. The van der Waals surface area contributed by atoms with Crippen molar-refractivity contribution in [3.63, 3.8) is 0 Å². The number of halogens is 1. The molecule has 0 spiro atoms. The second kappa shape index (κ2) is 4.00. The molecule has 0 saturated carbocycles. The summed E-state index contributed by atoms with van der Waals surface area (Å²) in [7, 11) is 0. The van der Waals surface area contributed by atoms with Crippen molar-refractivity contribution in [3.05, 3.63) is 20.3 Å². The average Bonchev–Trinajstić information content (AvgIpc) is 2.45. The van der Waals surface area contributed by atoms with Gasteiger partial charge in [0.15, 0.2) is 0 Å². The number of carboxylic acid groups (broad SMARTS) is 1. The summed E-state index contributed by atoms with van der Waals surface area (Å²) in [6, 6.07) is 2.05. The lowest BCUT2D eigenvalue weighted by molar-refractivity contribution is -0.137. The van der Waals surface area contributed by atoms with Crippen LogP contribution in [0.4, 0.5) is 0 Å². The Morgan fingerprint density at radius 1 is 1.79 bits per heavy atom. The Hall–Kier alpha value is -0.390. The Labute approximate surface area is 94.3 Å². The molecule has 3 nitrogen and oxygen atoms in total. The summed E-state index contributed by atoms with van der Waals surface area (Å²) in [6.45, 7) is 1.63. The van der Waals surface area contributed by atoms with Crippen molar-refractivity contribution in [2.24, 2.45) is 0 Å². The second-order valence-electron chi connectivity index (χ2n) is 3.35. The summed E-state index contributed by atoms with van der Waals surface area (Å²) in [4.78, 5) is 11.9. The van der Waals surface area contributed by atoms with Crippen LogP contribution in [-0.4, -0.2) is 17.6 Å². The molecule has 0 saturated heterocycles. The molecule has 1 unspecified atom stereocenters. The van der Waals surface area contributed by atoms with E-state index in [4.69, 9.17) is 5.11 Å². The number of aliphatic carboxylic acids is 1. The largest absolute Gasteiger partial charge is 0.481 e. The molecule has 0 bridgehead atoms. The maximum absolute atomic E-state index is 10.6. The molecule has 2 heterocycles. The van der Waals surface area contributed by atoms with Gasteiger partial charge in [0.25, 0.3) is 0 Å². The minimum absolute atomic E-state index is 0.124. The average molecular weight is 276 g/mol. The van der Waals surface area contributed by atoms with Gasteiger partial charge in [0.05, 0.1) is 10.2 Å². The molecule has 14 heavy (non-hydrogen) atoms. The Balaban J connectivity index is 2.25. The van der Waals surface area contributed by atoms with E-state index in [9.17, 15) is 4.79 Å². The van der Waals surface area contributed by atoms with Gasteiger partial charge in [-0.15, -0.1) is 11.3 Å². The number of nitrogens with one attached hydrogen (secondary N) is 1. The van der Waals surface area contributed by atoms with Crippen LogP contribution in [0.1, 0.15) is 22.8 Å². The van der Waals surface area contributed by atoms with Crippen LogP contribution in [0.3, 0.4) is 0 Å². The van der Waals surface area contributed by atoms with E-state index in [1.165, 1.54) is 10.4 Å². The maximum Gasteiger partial charge on any atom is 0.304 e. The fourth-order valence-electron chi connectivity index (χ4n) is 1.76. The normalized spacial score (nSPS) is 20.5. The zero-order chi connectivity index (χ0) is 10.1. The molecule has 2 N–H and O–H groups in total. The van der Waals surface area contributed by atoms with Gasteiger partial charge in [0.2, 0.25) is 0 Å². The van der Waals surface area contributed by atoms with E-state index >= 15 is 0 Å². The molecule has 1 aromatic rings. The molecule has 1 atom stereocenters. The van der Waals surface area contributed by atoms with Crippen molar-refractivity contribution in [3.8, 4) is 0 Å². The molecule has 76 valence electrons. The third kappa shape index (κ3) is 1.99. The van der Waals surface area contributed by atoms with Crippen LogP contribution in [0, 0.1) is 0 Å². The quantitative estimate of drug-likeness (QED) is 0.870. The highest BCUT2D eigenvalue weighted by molar-refractivity contribution is 9.11. The van der Waals surface area contributed by atoms with E-state index < -0.39 is 5.97 Å². The molecular weight excluding hydrogens is 266 g/mol. The van der Waals surface area contributed by atoms with Crippen molar-refractivity contribution in [2.75, 3.05) is 6.54 Å². The predicted molar refractivity (Wildman–Crippen MR) is 58.7 cm³/mol. The van der Waals surface area contributed by atoms with Crippen LogP contribution in [0.15, 0.2) is 9.85 Å². The molecule has 0 radical (unpaired) electrons. The Kier molecular flexibility index (Phi) is 2.90. The third-order valence-corrected chi connectivity index (χ3v) is 4.00. The van der Waals surface area contributed by atoms with E-state index in [2.05, 4.69) is 27.3 Å². The van der Waals surface area contributed by atoms with Crippen LogP contribution in [-0.2, 0) is 11.3 Å². The summed E-state index contributed by atoms with van der Waals surface area (Å²) in [5.41, 5.74) is 1.20. The van der Waals surface area contributed by atoms with E-state index in [0.29, 0.717) is 0 Å². The van der Waals surface area contributed by atoms with E-state index in [0.717, 1.165) is 16.9 Å². The molecular formula is C9H10BrNO2S. The van der Waals surface area contributed by atoms with Gasteiger partial charge >= 0.3 is 5.97 Å². The standard InChI is InChI=1S/C9H10BrNO2S/c10-8-2-6-5(1-9(12)13)3-11-4-7(6)14-8/h2,5,11H,1,3-4H2,(H,12,13). The fourth-order valence-corrected chi connectivity index (χ4v) is 3.53. The molecule has 1 aromatic heterocycles. The van der Waals surface area contributed by atoms with Crippen LogP contribution in [0.25, 0.3) is 0 Å². The van der Waals surface area contributed by atoms with Crippen LogP contribution in [0.2, 0.25) is 0 Å². The molecule has 1 aliphatic rings. The van der Waals surface area contributed by atoms with Gasteiger partial charge in [-0.05, 0) is 27.6 Å². The highest BCUT2D eigenvalue weighted by Gasteiger charge is 2.24. The van der Waals surface area contributed by atoms with Crippen molar-refractivity contribution >= 4 is 33.2 Å². The maximum atomic E-state index is 10.6. The Bertz CT molecular complexity index is 364. The first-order valence-corrected chi connectivity index (χ1v) is 5.98. The molecule has 0 aromatic carbocycles. The SMILES string of the molecule is O=C(O)CC1CNCc2sc(Br)cc21. The second-order valence-corrected chi connectivity index (χ2v) is 5.87. The minimum Gasteiger partial charge on any atom is -0.481 e. The van der Waals surface area contributed by atoms with Crippen LogP contribution in [0.5, 0.6) is 0 Å².